The van der Waals surface area contributed by atoms with Gasteiger partial charge in [0.2, 0.25) is 5.91 Å². The predicted molar refractivity (Wildman–Crippen MR) is 116 cm³/mol. The van der Waals surface area contributed by atoms with Crippen molar-refractivity contribution < 1.29 is 28.8 Å². The monoisotopic (exact) mass is 448 g/mol. The fraction of sp³-hybridized carbons (Fsp3) is 0.381. The van der Waals surface area contributed by atoms with E-state index in [2.05, 4.69) is 5.32 Å². The van der Waals surface area contributed by atoms with Crippen molar-refractivity contribution >= 4 is 39.9 Å². The molecule has 10 heteroatoms. The van der Waals surface area contributed by atoms with E-state index in [0.29, 0.717) is 11.1 Å². The average Bonchev–Trinajstić information content (AvgIpc) is 2.97. The summed E-state index contributed by atoms with van der Waals surface area (Å²) >= 11 is 0.940. The molecule has 0 atom stereocenters. The zero-order valence-electron chi connectivity index (χ0n) is 17.9. The summed E-state index contributed by atoms with van der Waals surface area (Å²) in [4.78, 5) is 48.0. The number of hydrogen-bond donors (Lipinski definition) is 1. The first-order valence-corrected chi connectivity index (χ1v) is 10.4. The summed E-state index contributed by atoms with van der Waals surface area (Å²) in [5, 5.41) is 13.6. The number of nitro groups is 1. The summed E-state index contributed by atoms with van der Waals surface area (Å²) < 4.78 is 10.5. The van der Waals surface area contributed by atoms with Gasteiger partial charge in [0, 0.05) is 12.1 Å². The van der Waals surface area contributed by atoms with Gasteiger partial charge >= 0.3 is 11.9 Å². The maximum absolute atomic E-state index is 12.6. The van der Waals surface area contributed by atoms with E-state index in [1.54, 1.807) is 34.6 Å². The van der Waals surface area contributed by atoms with Crippen molar-refractivity contribution in [3.8, 4) is 0 Å². The SMILES string of the molecule is Cc1c(C(=O)OC(C)C)sc(NC(=O)Cc2ccc([N+](=O)[O-])cc2)c1C(=O)OC(C)C. The lowest BCUT2D eigenvalue weighted by molar-refractivity contribution is -0.384. The summed E-state index contributed by atoms with van der Waals surface area (Å²) in [5.74, 6) is -1.69. The van der Waals surface area contributed by atoms with Crippen LogP contribution in [0.1, 0.15) is 58.9 Å². The van der Waals surface area contributed by atoms with Crippen molar-refractivity contribution in [3.63, 3.8) is 0 Å². The van der Waals surface area contributed by atoms with Crippen LogP contribution in [-0.2, 0) is 20.7 Å². The molecular formula is C21H24N2O7S. The fourth-order valence-corrected chi connectivity index (χ4v) is 3.77. The quantitative estimate of drug-likeness (QED) is 0.363. The summed E-state index contributed by atoms with van der Waals surface area (Å²) in [6, 6.07) is 5.58. The van der Waals surface area contributed by atoms with E-state index >= 15 is 0 Å². The number of esters is 2. The van der Waals surface area contributed by atoms with E-state index in [4.69, 9.17) is 9.47 Å². The molecule has 2 rings (SSSR count). The highest BCUT2D eigenvalue weighted by atomic mass is 32.1. The van der Waals surface area contributed by atoms with Crippen molar-refractivity contribution in [3.05, 3.63) is 55.9 Å². The van der Waals surface area contributed by atoms with Crippen LogP contribution in [0.4, 0.5) is 10.7 Å². The molecule has 0 saturated carbocycles. The van der Waals surface area contributed by atoms with Crippen LogP contribution < -0.4 is 5.32 Å². The predicted octanol–water partition coefficient (Wildman–Crippen LogP) is 4.28. The number of rotatable bonds is 8. The van der Waals surface area contributed by atoms with Gasteiger partial charge in [0.25, 0.3) is 5.69 Å². The normalized spacial score (nSPS) is 10.8. The van der Waals surface area contributed by atoms with Crippen molar-refractivity contribution in [1.29, 1.82) is 0 Å². The number of nitrogens with zero attached hydrogens (tertiary/aromatic N) is 1. The lowest BCUT2D eigenvalue weighted by atomic mass is 10.1. The Hall–Kier alpha value is -3.27. The van der Waals surface area contributed by atoms with Gasteiger partial charge in [0.1, 0.15) is 9.88 Å². The third-order valence-electron chi connectivity index (χ3n) is 3.99. The number of carbonyl (C=O) groups excluding carboxylic acids is 3. The number of hydrogen-bond acceptors (Lipinski definition) is 8. The molecule has 0 saturated heterocycles. The molecule has 0 aliphatic rings. The van der Waals surface area contributed by atoms with Gasteiger partial charge in [-0.05, 0) is 45.7 Å². The molecule has 1 N–H and O–H groups in total. The minimum Gasteiger partial charge on any atom is -0.459 e. The highest BCUT2D eigenvalue weighted by Crippen LogP contribution is 2.35. The lowest BCUT2D eigenvalue weighted by Crippen LogP contribution is -2.18. The summed E-state index contributed by atoms with van der Waals surface area (Å²) in [7, 11) is 0. The van der Waals surface area contributed by atoms with Gasteiger partial charge in [0.05, 0.1) is 29.1 Å². The Morgan fingerprint density at radius 3 is 2.10 bits per heavy atom. The Balaban J connectivity index is 2.29. The zero-order valence-corrected chi connectivity index (χ0v) is 18.7. The topological polar surface area (TPSA) is 125 Å². The van der Waals surface area contributed by atoms with Crippen molar-refractivity contribution in [2.24, 2.45) is 0 Å². The van der Waals surface area contributed by atoms with Gasteiger partial charge < -0.3 is 14.8 Å². The molecule has 0 fully saturated rings. The van der Waals surface area contributed by atoms with Gasteiger partial charge in [-0.3, -0.25) is 14.9 Å². The molecule has 166 valence electrons. The first-order valence-electron chi connectivity index (χ1n) is 9.58. The maximum atomic E-state index is 12.6. The Labute approximate surface area is 183 Å². The molecule has 0 spiro atoms. The molecule has 31 heavy (non-hydrogen) atoms. The molecular weight excluding hydrogens is 424 g/mol. The minimum atomic E-state index is -0.655. The van der Waals surface area contributed by atoms with Crippen molar-refractivity contribution in [2.75, 3.05) is 5.32 Å². The minimum absolute atomic E-state index is 0.0701. The molecule has 0 radical (unpaired) electrons. The van der Waals surface area contributed by atoms with Crippen LogP contribution in [0.25, 0.3) is 0 Å². The van der Waals surface area contributed by atoms with Gasteiger partial charge in [-0.25, -0.2) is 9.59 Å². The number of nitrogens with one attached hydrogen (secondary N) is 1. The fourth-order valence-electron chi connectivity index (χ4n) is 2.67. The Morgan fingerprint density at radius 1 is 1.03 bits per heavy atom. The molecule has 1 aromatic carbocycles. The largest absolute Gasteiger partial charge is 0.459 e. The highest BCUT2D eigenvalue weighted by molar-refractivity contribution is 7.18. The van der Waals surface area contributed by atoms with Gasteiger partial charge in [-0.2, -0.15) is 0 Å². The summed E-state index contributed by atoms with van der Waals surface area (Å²) in [5.41, 5.74) is 0.950. The lowest BCUT2D eigenvalue weighted by Gasteiger charge is -2.10. The van der Waals surface area contributed by atoms with Gasteiger partial charge in [-0.15, -0.1) is 11.3 Å². The van der Waals surface area contributed by atoms with E-state index in [1.807, 2.05) is 0 Å². The molecule has 1 heterocycles. The zero-order chi connectivity index (χ0) is 23.3. The van der Waals surface area contributed by atoms with Crippen molar-refractivity contribution in [1.82, 2.24) is 0 Å². The van der Waals surface area contributed by atoms with Crippen LogP contribution in [0.2, 0.25) is 0 Å². The van der Waals surface area contributed by atoms with Crippen LogP contribution in [0.3, 0.4) is 0 Å². The molecule has 0 bridgehead atoms. The number of amides is 1. The average molecular weight is 448 g/mol. The first-order chi connectivity index (χ1) is 14.5. The Morgan fingerprint density at radius 2 is 1.58 bits per heavy atom. The van der Waals surface area contributed by atoms with Gasteiger partial charge in [-0.1, -0.05) is 12.1 Å². The molecule has 0 aliphatic heterocycles. The van der Waals surface area contributed by atoms with E-state index in [0.717, 1.165) is 11.3 Å². The third kappa shape index (κ3) is 6.35. The van der Waals surface area contributed by atoms with E-state index in [-0.39, 0.29) is 39.8 Å². The molecule has 0 unspecified atom stereocenters. The summed E-state index contributed by atoms with van der Waals surface area (Å²) in [6.45, 7) is 8.40. The Bertz CT molecular complexity index is 994. The molecule has 9 nitrogen and oxygen atoms in total. The number of anilines is 1. The molecule has 2 aromatic rings. The third-order valence-corrected chi connectivity index (χ3v) is 5.17. The number of nitro benzene ring substituents is 1. The second-order valence-corrected chi connectivity index (χ2v) is 8.34. The number of benzene rings is 1. The van der Waals surface area contributed by atoms with Crippen LogP contribution in [-0.4, -0.2) is 35.0 Å². The first kappa shape index (κ1) is 24.0. The smallest absolute Gasteiger partial charge is 0.348 e. The van der Waals surface area contributed by atoms with Crippen LogP contribution in [0.5, 0.6) is 0 Å². The van der Waals surface area contributed by atoms with Gasteiger partial charge in [0.15, 0.2) is 0 Å². The summed E-state index contributed by atoms with van der Waals surface area (Å²) in [6.07, 6.45) is -0.805. The van der Waals surface area contributed by atoms with Crippen molar-refractivity contribution in [2.45, 2.75) is 53.2 Å². The van der Waals surface area contributed by atoms with Crippen LogP contribution in [0.15, 0.2) is 24.3 Å². The Kier molecular flexibility index (Phi) is 7.87. The second kappa shape index (κ2) is 10.2. The molecule has 1 aromatic heterocycles. The van der Waals surface area contributed by atoms with E-state index < -0.39 is 22.8 Å². The number of thiophene rings is 1. The number of carbonyl (C=O) groups is 3. The molecule has 0 aliphatic carbocycles. The van der Waals surface area contributed by atoms with E-state index in [9.17, 15) is 24.5 Å². The number of non-ortho nitro benzene ring substituents is 1. The van der Waals surface area contributed by atoms with Crippen LogP contribution in [0, 0.1) is 17.0 Å². The second-order valence-electron chi connectivity index (χ2n) is 7.32. The number of ether oxygens (including phenoxy) is 2. The standard InChI is InChI=1S/C21H24N2O7S/c1-11(2)29-20(25)17-13(5)18(21(26)30-12(3)4)31-19(17)22-16(24)10-14-6-8-15(9-7-14)23(27)28/h6-9,11-12H,10H2,1-5H3,(H,22,24). The maximum Gasteiger partial charge on any atom is 0.348 e. The van der Waals surface area contributed by atoms with Crippen LogP contribution >= 0.6 is 11.3 Å². The molecule has 1 amide bonds. The van der Waals surface area contributed by atoms with E-state index in [1.165, 1.54) is 24.3 Å². The highest BCUT2D eigenvalue weighted by Gasteiger charge is 2.28.